The van der Waals surface area contributed by atoms with Crippen LogP contribution in [0.5, 0.6) is 0 Å². The molecule has 0 radical (unpaired) electrons. The lowest BCUT2D eigenvalue weighted by atomic mass is 10.0. The van der Waals surface area contributed by atoms with Gasteiger partial charge in [0.25, 0.3) is 5.91 Å². The molecule has 2 aromatic carbocycles. The molecule has 2 rings (SSSR count). The molecule has 3 nitrogen and oxygen atoms in total. The fourth-order valence-electron chi connectivity index (χ4n) is 2.49. The van der Waals surface area contributed by atoms with Crippen molar-refractivity contribution in [2.75, 3.05) is 5.32 Å². The minimum Gasteiger partial charge on any atom is -0.321 e. The molecule has 0 spiro atoms. The fraction of sp³-hybridized carbons (Fsp3) is 0.158. The Balaban J connectivity index is 2.35. The molecule has 0 heterocycles. The van der Waals surface area contributed by atoms with Crippen molar-refractivity contribution >= 4 is 17.7 Å². The predicted molar refractivity (Wildman–Crippen MR) is 89.2 cm³/mol. The molecular weight excluding hydrogens is 310 g/mol. The highest BCUT2D eigenvalue weighted by Gasteiger charge is 2.14. The Hall–Kier alpha value is -3.00. The topological polar surface area (TPSA) is 52.9 Å². The van der Waals surface area contributed by atoms with Crippen molar-refractivity contribution in [3.63, 3.8) is 0 Å². The van der Waals surface area contributed by atoms with Crippen molar-refractivity contribution in [3.8, 4) is 6.07 Å². The summed E-state index contributed by atoms with van der Waals surface area (Å²) >= 11 is 0. The van der Waals surface area contributed by atoms with E-state index in [1.165, 1.54) is 0 Å². The maximum Gasteiger partial charge on any atom is 0.266 e. The summed E-state index contributed by atoms with van der Waals surface area (Å²) in [6.45, 7) is 5.63. The van der Waals surface area contributed by atoms with E-state index < -0.39 is 17.5 Å². The Bertz CT molecular complexity index is 856. The van der Waals surface area contributed by atoms with E-state index in [1.54, 1.807) is 6.07 Å². The molecule has 122 valence electrons. The largest absolute Gasteiger partial charge is 0.321 e. The molecule has 1 amide bonds. The van der Waals surface area contributed by atoms with E-state index >= 15 is 0 Å². The summed E-state index contributed by atoms with van der Waals surface area (Å²) in [5, 5.41) is 11.8. The molecule has 0 atom stereocenters. The molecule has 0 aromatic heterocycles. The van der Waals surface area contributed by atoms with Crippen LogP contribution in [0.1, 0.15) is 22.3 Å². The van der Waals surface area contributed by atoms with Gasteiger partial charge in [-0.3, -0.25) is 4.79 Å². The Kier molecular flexibility index (Phi) is 5.10. The van der Waals surface area contributed by atoms with Crippen molar-refractivity contribution in [2.45, 2.75) is 20.8 Å². The minimum atomic E-state index is -0.709. The first-order valence-corrected chi connectivity index (χ1v) is 7.28. The van der Waals surface area contributed by atoms with E-state index in [4.69, 9.17) is 0 Å². The van der Waals surface area contributed by atoms with Crippen LogP contribution >= 0.6 is 0 Å². The molecular formula is C19H16F2N2O. The molecule has 0 saturated carbocycles. The quantitative estimate of drug-likeness (QED) is 0.670. The second kappa shape index (κ2) is 7.05. The van der Waals surface area contributed by atoms with E-state index in [0.29, 0.717) is 5.69 Å². The van der Waals surface area contributed by atoms with Gasteiger partial charge in [0.2, 0.25) is 0 Å². The van der Waals surface area contributed by atoms with Gasteiger partial charge < -0.3 is 5.32 Å². The lowest BCUT2D eigenvalue weighted by molar-refractivity contribution is -0.112. The summed E-state index contributed by atoms with van der Waals surface area (Å²) in [6.07, 6.45) is 1.03. The highest BCUT2D eigenvalue weighted by Crippen LogP contribution is 2.23. The van der Waals surface area contributed by atoms with E-state index in [-0.39, 0.29) is 11.1 Å². The van der Waals surface area contributed by atoms with Crippen molar-refractivity contribution in [1.29, 1.82) is 5.26 Å². The zero-order valence-electron chi connectivity index (χ0n) is 13.6. The van der Waals surface area contributed by atoms with E-state index in [9.17, 15) is 18.8 Å². The van der Waals surface area contributed by atoms with Gasteiger partial charge in [0, 0.05) is 11.3 Å². The van der Waals surface area contributed by atoms with Crippen LogP contribution in [0.25, 0.3) is 6.08 Å². The van der Waals surface area contributed by atoms with Gasteiger partial charge >= 0.3 is 0 Å². The summed E-state index contributed by atoms with van der Waals surface area (Å²) in [7, 11) is 0. The second-order valence-corrected chi connectivity index (χ2v) is 5.56. The molecule has 0 fully saturated rings. The normalized spacial score (nSPS) is 11.1. The third-order valence-electron chi connectivity index (χ3n) is 3.54. The average molecular weight is 326 g/mol. The van der Waals surface area contributed by atoms with Crippen LogP contribution in [0.3, 0.4) is 0 Å². The lowest BCUT2D eigenvalue weighted by Gasteiger charge is -2.12. The molecule has 0 bridgehead atoms. The predicted octanol–water partition coefficient (Wildman–Crippen LogP) is 4.44. The number of nitrogens with one attached hydrogen (secondary N) is 1. The van der Waals surface area contributed by atoms with Crippen LogP contribution in [0.4, 0.5) is 14.5 Å². The van der Waals surface area contributed by atoms with Gasteiger partial charge in [-0.1, -0.05) is 17.7 Å². The molecule has 0 aliphatic rings. The van der Waals surface area contributed by atoms with E-state index in [2.05, 4.69) is 5.32 Å². The van der Waals surface area contributed by atoms with Gasteiger partial charge in [-0.15, -0.1) is 0 Å². The summed E-state index contributed by atoms with van der Waals surface area (Å²) in [5.74, 6) is -2.03. The highest BCUT2D eigenvalue weighted by atomic mass is 19.1. The lowest BCUT2D eigenvalue weighted by Crippen LogP contribution is -2.15. The Morgan fingerprint density at radius 3 is 2.33 bits per heavy atom. The standard InChI is InChI=1S/C19H16F2N2O/c1-11-6-12(2)18(13(3)7-11)23-19(24)15(10-22)8-14-9-16(20)4-5-17(14)21/h4-9H,1-3H3,(H,23,24). The molecule has 2 aromatic rings. The number of hydrogen-bond donors (Lipinski definition) is 1. The first kappa shape index (κ1) is 17.4. The van der Waals surface area contributed by atoms with Crippen LogP contribution in [0, 0.1) is 43.7 Å². The van der Waals surface area contributed by atoms with Crippen LogP contribution in [-0.2, 0) is 4.79 Å². The summed E-state index contributed by atoms with van der Waals surface area (Å²) in [5.41, 5.74) is 2.91. The van der Waals surface area contributed by atoms with Gasteiger partial charge in [-0.25, -0.2) is 8.78 Å². The summed E-state index contributed by atoms with van der Waals surface area (Å²) in [4.78, 5) is 12.3. The number of anilines is 1. The molecule has 5 heteroatoms. The zero-order valence-corrected chi connectivity index (χ0v) is 13.6. The van der Waals surface area contributed by atoms with Crippen molar-refractivity contribution in [1.82, 2.24) is 0 Å². The number of nitriles is 1. The molecule has 0 saturated heterocycles. The Labute approximate surface area is 139 Å². The molecule has 24 heavy (non-hydrogen) atoms. The minimum absolute atomic E-state index is 0.154. The molecule has 0 aliphatic carbocycles. The fourth-order valence-corrected chi connectivity index (χ4v) is 2.49. The average Bonchev–Trinajstić information content (AvgIpc) is 2.51. The van der Waals surface area contributed by atoms with E-state index in [0.717, 1.165) is 41.0 Å². The van der Waals surface area contributed by atoms with Gasteiger partial charge in [-0.05, 0) is 56.2 Å². The number of nitrogens with zero attached hydrogens (tertiary/aromatic N) is 1. The number of carbonyl (C=O) groups is 1. The monoisotopic (exact) mass is 326 g/mol. The van der Waals surface area contributed by atoms with Gasteiger partial charge in [0.15, 0.2) is 0 Å². The van der Waals surface area contributed by atoms with Gasteiger partial charge in [-0.2, -0.15) is 5.26 Å². The Morgan fingerprint density at radius 2 is 1.75 bits per heavy atom. The maximum atomic E-state index is 13.7. The van der Waals surface area contributed by atoms with Crippen molar-refractivity contribution in [2.24, 2.45) is 0 Å². The van der Waals surface area contributed by atoms with Crippen molar-refractivity contribution in [3.05, 3.63) is 69.8 Å². The first-order chi connectivity index (χ1) is 11.3. The summed E-state index contributed by atoms with van der Waals surface area (Å²) in [6, 6.07) is 8.39. The van der Waals surface area contributed by atoms with Gasteiger partial charge in [0.05, 0.1) is 0 Å². The number of rotatable bonds is 3. The molecule has 0 aliphatic heterocycles. The number of benzene rings is 2. The Morgan fingerprint density at radius 1 is 1.12 bits per heavy atom. The summed E-state index contributed by atoms with van der Waals surface area (Å²) < 4.78 is 26.9. The van der Waals surface area contributed by atoms with E-state index in [1.807, 2.05) is 32.9 Å². The van der Waals surface area contributed by atoms with Crippen LogP contribution < -0.4 is 5.32 Å². The van der Waals surface area contributed by atoms with Gasteiger partial charge in [0.1, 0.15) is 23.3 Å². The number of hydrogen-bond acceptors (Lipinski definition) is 2. The van der Waals surface area contributed by atoms with Crippen LogP contribution in [0.2, 0.25) is 0 Å². The molecule has 1 N–H and O–H groups in total. The SMILES string of the molecule is Cc1cc(C)c(NC(=O)C(C#N)=Cc2cc(F)ccc2F)c(C)c1. The zero-order chi connectivity index (χ0) is 17.9. The van der Waals surface area contributed by atoms with Crippen LogP contribution in [-0.4, -0.2) is 5.91 Å². The third kappa shape index (κ3) is 3.85. The number of carbonyl (C=O) groups excluding carboxylic acids is 1. The van der Waals surface area contributed by atoms with Crippen LogP contribution in [0.15, 0.2) is 35.9 Å². The highest BCUT2D eigenvalue weighted by molar-refractivity contribution is 6.10. The third-order valence-corrected chi connectivity index (χ3v) is 3.54. The maximum absolute atomic E-state index is 13.7. The smallest absolute Gasteiger partial charge is 0.266 e. The number of amides is 1. The second-order valence-electron chi connectivity index (χ2n) is 5.56. The number of halogens is 2. The van der Waals surface area contributed by atoms with Crippen molar-refractivity contribution < 1.29 is 13.6 Å². The first-order valence-electron chi connectivity index (χ1n) is 7.28. The number of aryl methyl sites for hydroxylation is 3. The molecule has 0 unspecified atom stereocenters.